The van der Waals surface area contributed by atoms with E-state index in [2.05, 4.69) is 10.2 Å². The van der Waals surface area contributed by atoms with E-state index in [0.717, 1.165) is 51.0 Å². The summed E-state index contributed by atoms with van der Waals surface area (Å²) in [5.74, 6) is 0.0376. The van der Waals surface area contributed by atoms with Crippen LogP contribution < -0.4 is 5.32 Å². The van der Waals surface area contributed by atoms with Gasteiger partial charge in [0.15, 0.2) is 11.4 Å². The first-order chi connectivity index (χ1) is 10.2. The minimum atomic E-state index is -1.30. The summed E-state index contributed by atoms with van der Waals surface area (Å²) in [6.45, 7) is 3.94. The number of carbonyl (C=O) groups is 1. The van der Waals surface area contributed by atoms with Crippen LogP contribution >= 0.6 is 0 Å². The molecule has 2 aliphatic rings. The molecular weight excluding hydrogens is 264 g/mol. The maximum Gasteiger partial charge on any atom is 0.183 e. The van der Waals surface area contributed by atoms with Crippen LogP contribution in [0.25, 0.3) is 0 Å². The summed E-state index contributed by atoms with van der Waals surface area (Å²) in [6.07, 6.45) is 3.00. The lowest BCUT2D eigenvalue weighted by molar-refractivity contribution is -0.151. The van der Waals surface area contributed by atoms with E-state index in [9.17, 15) is 9.90 Å². The fraction of sp³-hybridized carbons (Fsp3) is 0.588. The molecule has 0 amide bonds. The SMILES string of the molecule is O=C(CN1CCNCC1)C(O)(c1ccccc1)C1CCC1. The average Bonchev–Trinajstić information content (AvgIpc) is 2.47. The summed E-state index contributed by atoms with van der Waals surface area (Å²) in [6, 6.07) is 9.49. The number of nitrogens with zero attached hydrogens (tertiary/aromatic N) is 1. The molecule has 2 N–H and O–H groups in total. The zero-order chi connectivity index (χ0) is 14.7. The first-order valence-corrected chi connectivity index (χ1v) is 7.95. The number of nitrogens with one attached hydrogen (secondary N) is 1. The lowest BCUT2D eigenvalue weighted by Crippen LogP contribution is -2.53. The van der Waals surface area contributed by atoms with Gasteiger partial charge in [-0.25, -0.2) is 0 Å². The number of Topliss-reactive ketones (excluding diaryl/α,β-unsaturated/α-hetero) is 1. The predicted molar refractivity (Wildman–Crippen MR) is 82.0 cm³/mol. The Morgan fingerprint density at radius 2 is 1.90 bits per heavy atom. The summed E-state index contributed by atoms with van der Waals surface area (Å²) < 4.78 is 0. The molecule has 1 aromatic rings. The van der Waals surface area contributed by atoms with Crippen molar-refractivity contribution >= 4 is 5.78 Å². The Balaban J connectivity index is 1.79. The molecule has 1 unspecified atom stereocenters. The Morgan fingerprint density at radius 3 is 2.48 bits per heavy atom. The van der Waals surface area contributed by atoms with Crippen LogP contribution in [0.15, 0.2) is 30.3 Å². The summed E-state index contributed by atoms with van der Waals surface area (Å²) in [5.41, 5.74) is -0.542. The number of carbonyl (C=O) groups excluding carboxylic acids is 1. The number of aliphatic hydroxyl groups is 1. The number of hydrogen-bond acceptors (Lipinski definition) is 4. The molecule has 4 nitrogen and oxygen atoms in total. The zero-order valence-electron chi connectivity index (χ0n) is 12.4. The van der Waals surface area contributed by atoms with Gasteiger partial charge in [-0.3, -0.25) is 9.69 Å². The van der Waals surface area contributed by atoms with Gasteiger partial charge in [-0.05, 0) is 24.3 Å². The maximum atomic E-state index is 12.9. The van der Waals surface area contributed by atoms with Crippen LogP contribution in [0, 0.1) is 5.92 Å². The van der Waals surface area contributed by atoms with Gasteiger partial charge < -0.3 is 10.4 Å². The van der Waals surface area contributed by atoms with Crippen LogP contribution in [-0.2, 0) is 10.4 Å². The standard InChI is InChI=1S/C17H24N2O2/c20-16(13-19-11-9-18-10-12-19)17(21,15-7-4-8-15)14-5-2-1-3-6-14/h1-3,5-6,15,18,21H,4,7-13H2. The molecule has 1 heterocycles. The summed E-state index contributed by atoms with van der Waals surface area (Å²) >= 11 is 0. The maximum absolute atomic E-state index is 12.9. The molecular formula is C17H24N2O2. The van der Waals surface area contributed by atoms with Crippen molar-refractivity contribution in [1.29, 1.82) is 0 Å². The predicted octanol–water partition coefficient (Wildman–Crippen LogP) is 1.15. The third-order valence-corrected chi connectivity index (χ3v) is 4.91. The number of benzene rings is 1. The number of rotatable bonds is 5. The van der Waals surface area contributed by atoms with E-state index < -0.39 is 5.60 Å². The van der Waals surface area contributed by atoms with Crippen LogP contribution in [0.3, 0.4) is 0 Å². The highest BCUT2D eigenvalue weighted by Crippen LogP contribution is 2.43. The summed E-state index contributed by atoms with van der Waals surface area (Å²) in [7, 11) is 0. The quantitative estimate of drug-likeness (QED) is 0.853. The van der Waals surface area contributed by atoms with E-state index in [0.29, 0.717) is 6.54 Å². The third-order valence-electron chi connectivity index (χ3n) is 4.91. The van der Waals surface area contributed by atoms with Gasteiger partial charge in [0.05, 0.1) is 6.54 Å². The highest BCUT2D eigenvalue weighted by molar-refractivity contribution is 5.90. The Morgan fingerprint density at radius 1 is 1.24 bits per heavy atom. The van der Waals surface area contributed by atoms with E-state index in [1.54, 1.807) is 0 Å². The minimum absolute atomic E-state index is 0.0414. The van der Waals surface area contributed by atoms with E-state index in [-0.39, 0.29) is 11.7 Å². The van der Waals surface area contributed by atoms with Crippen LogP contribution in [0.4, 0.5) is 0 Å². The molecule has 4 heteroatoms. The first kappa shape index (κ1) is 14.7. The molecule has 0 aromatic heterocycles. The van der Waals surface area contributed by atoms with E-state index in [1.807, 2.05) is 30.3 Å². The molecule has 3 rings (SSSR count). The molecule has 21 heavy (non-hydrogen) atoms. The molecule has 2 fully saturated rings. The largest absolute Gasteiger partial charge is 0.377 e. The van der Waals surface area contributed by atoms with Gasteiger partial charge in [0.1, 0.15) is 0 Å². The van der Waals surface area contributed by atoms with Gasteiger partial charge in [0, 0.05) is 26.2 Å². The number of hydrogen-bond donors (Lipinski definition) is 2. The third kappa shape index (κ3) is 2.89. The van der Waals surface area contributed by atoms with E-state index in [1.165, 1.54) is 0 Å². The molecule has 1 aliphatic carbocycles. The highest BCUT2D eigenvalue weighted by atomic mass is 16.3. The van der Waals surface area contributed by atoms with Crippen LogP contribution in [0.2, 0.25) is 0 Å². The van der Waals surface area contributed by atoms with Crippen molar-refractivity contribution in [2.45, 2.75) is 24.9 Å². The zero-order valence-corrected chi connectivity index (χ0v) is 12.4. The van der Waals surface area contributed by atoms with Gasteiger partial charge in [0.25, 0.3) is 0 Å². The van der Waals surface area contributed by atoms with Crippen molar-refractivity contribution in [1.82, 2.24) is 10.2 Å². The average molecular weight is 288 g/mol. The van der Waals surface area contributed by atoms with Crippen molar-refractivity contribution in [2.75, 3.05) is 32.7 Å². The Hall–Kier alpha value is -1.23. The molecule has 0 radical (unpaired) electrons. The highest BCUT2D eigenvalue weighted by Gasteiger charge is 2.47. The second kappa shape index (κ2) is 6.26. The second-order valence-corrected chi connectivity index (χ2v) is 6.21. The second-order valence-electron chi connectivity index (χ2n) is 6.21. The molecule has 1 saturated heterocycles. The molecule has 1 saturated carbocycles. The molecule has 0 spiro atoms. The molecule has 0 bridgehead atoms. The summed E-state index contributed by atoms with van der Waals surface area (Å²) in [5, 5.41) is 14.5. The van der Waals surface area contributed by atoms with Crippen LogP contribution in [-0.4, -0.2) is 48.5 Å². The van der Waals surface area contributed by atoms with Crippen LogP contribution in [0.1, 0.15) is 24.8 Å². The Bertz CT molecular complexity index is 481. The van der Waals surface area contributed by atoms with Crippen molar-refractivity contribution in [2.24, 2.45) is 5.92 Å². The molecule has 1 aromatic carbocycles. The van der Waals surface area contributed by atoms with Gasteiger partial charge in [0.2, 0.25) is 0 Å². The monoisotopic (exact) mass is 288 g/mol. The van der Waals surface area contributed by atoms with Crippen molar-refractivity contribution in [3.8, 4) is 0 Å². The van der Waals surface area contributed by atoms with Crippen molar-refractivity contribution in [3.63, 3.8) is 0 Å². The fourth-order valence-electron chi connectivity index (χ4n) is 3.34. The topological polar surface area (TPSA) is 52.6 Å². The summed E-state index contributed by atoms with van der Waals surface area (Å²) in [4.78, 5) is 15.0. The van der Waals surface area contributed by atoms with Gasteiger partial charge >= 0.3 is 0 Å². The fourth-order valence-corrected chi connectivity index (χ4v) is 3.34. The molecule has 114 valence electrons. The van der Waals surface area contributed by atoms with Crippen molar-refractivity contribution in [3.05, 3.63) is 35.9 Å². The number of piperazine rings is 1. The van der Waals surface area contributed by atoms with E-state index in [4.69, 9.17) is 0 Å². The van der Waals surface area contributed by atoms with Gasteiger partial charge in [-0.1, -0.05) is 36.8 Å². The van der Waals surface area contributed by atoms with Gasteiger partial charge in [-0.15, -0.1) is 0 Å². The first-order valence-electron chi connectivity index (χ1n) is 7.95. The van der Waals surface area contributed by atoms with Gasteiger partial charge in [-0.2, -0.15) is 0 Å². The Labute approximate surface area is 126 Å². The lowest BCUT2D eigenvalue weighted by atomic mass is 9.67. The lowest BCUT2D eigenvalue weighted by Gasteiger charge is -2.42. The molecule has 1 atom stereocenters. The Kier molecular flexibility index (Phi) is 4.38. The van der Waals surface area contributed by atoms with Crippen LogP contribution in [0.5, 0.6) is 0 Å². The normalized spacial score (nSPS) is 23.3. The van der Waals surface area contributed by atoms with E-state index >= 15 is 0 Å². The smallest absolute Gasteiger partial charge is 0.183 e. The number of ketones is 1. The molecule has 1 aliphatic heterocycles. The van der Waals surface area contributed by atoms with Crippen molar-refractivity contribution < 1.29 is 9.90 Å². The minimum Gasteiger partial charge on any atom is -0.377 e.